The Morgan fingerprint density at radius 3 is 2.94 bits per heavy atom. The van der Waals surface area contributed by atoms with Crippen molar-refractivity contribution < 1.29 is 14.4 Å². The van der Waals surface area contributed by atoms with Crippen LogP contribution in [0.15, 0.2) is 28.7 Å². The number of fused-ring (bicyclic) bond motifs is 1. The van der Waals surface area contributed by atoms with E-state index in [-0.39, 0.29) is 5.76 Å². The van der Waals surface area contributed by atoms with Crippen LogP contribution in [-0.4, -0.2) is 16.6 Å². The van der Waals surface area contributed by atoms with Crippen molar-refractivity contribution in [3.63, 3.8) is 0 Å². The van der Waals surface area contributed by atoms with Crippen LogP contribution in [0, 0.1) is 17.0 Å². The van der Waals surface area contributed by atoms with Gasteiger partial charge >= 0.3 is 0 Å². The second-order valence-electron chi connectivity index (χ2n) is 3.67. The minimum atomic E-state index is -1.19. The van der Waals surface area contributed by atoms with Gasteiger partial charge in [-0.15, -0.1) is 0 Å². The minimum Gasteiger partial charge on any atom is -0.458 e. The number of rotatable bonds is 3. The molecule has 0 amide bonds. The van der Waals surface area contributed by atoms with Crippen molar-refractivity contribution in [1.29, 1.82) is 0 Å². The summed E-state index contributed by atoms with van der Waals surface area (Å²) in [6.45, 7) is 1.34. The van der Waals surface area contributed by atoms with E-state index in [0.29, 0.717) is 5.58 Å². The maximum absolute atomic E-state index is 10.3. The van der Waals surface area contributed by atoms with Gasteiger partial charge in [0, 0.05) is 10.3 Å². The molecule has 16 heavy (non-hydrogen) atoms. The van der Waals surface area contributed by atoms with Gasteiger partial charge in [0.25, 0.3) is 0 Å². The first-order valence-electron chi connectivity index (χ1n) is 4.87. The molecule has 0 aliphatic heterocycles. The average Bonchev–Trinajstić information content (AvgIpc) is 2.61. The summed E-state index contributed by atoms with van der Waals surface area (Å²) >= 11 is 0. The van der Waals surface area contributed by atoms with Gasteiger partial charge in [-0.1, -0.05) is 18.2 Å². The molecule has 1 N–H and O–H groups in total. The van der Waals surface area contributed by atoms with Gasteiger partial charge in [-0.25, -0.2) is 0 Å². The van der Waals surface area contributed by atoms with Crippen LogP contribution in [0.25, 0.3) is 11.0 Å². The van der Waals surface area contributed by atoms with Gasteiger partial charge in [0.2, 0.25) is 6.54 Å². The molecule has 1 aromatic carbocycles. The molecule has 5 nitrogen and oxygen atoms in total. The minimum absolute atomic E-state index is 0.237. The lowest BCUT2D eigenvalue weighted by molar-refractivity contribution is -0.492. The third-order valence-corrected chi connectivity index (χ3v) is 2.41. The molecule has 0 bridgehead atoms. The summed E-state index contributed by atoms with van der Waals surface area (Å²) in [5.41, 5.74) is 1.61. The van der Waals surface area contributed by atoms with Crippen molar-refractivity contribution in [1.82, 2.24) is 0 Å². The van der Waals surface area contributed by atoms with E-state index in [1.54, 1.807) is 6.07 Å². The van der Waals surface area contributed by atoms with Gasteiger partial charge in [0.15, 0.2) is 6.10 Å². The smallest absolute Gasteiger partial charge is 0.236 e. The lowest BCUT2D eigenvalue weighted by atomic mass is 10.1. The zero-order valence-electron chi connectivity index (χ0n) is 8.71. The molecular weight excluding hydrogens is 210 g/mol. The van der Waals surface area contributed by atoms with Crippen LogP contribution >= 0.6 is 0 Å². The Morgan fingerprint density at radius 2 is 2.31 bits per heavy atom. The summed E-state index contributed by atoms with van der Waals surface area (Å²) in [6.07, 6.45) is -1.19. The van der Waals surface area contributed by atoms with E-state index in [1.807, 2.05) is 25.1 Å². The molecule has 1 aromatic heterocycles. The molecule has 0 saturated heterocycles. The Labute approximate surface area is 91.4 Å². The molecule has 0 fully saturated rings. The maximum atomic E-state index is 10.3. The van der Waals surface area contributed by atoms with E-state index in [9.17, 15) is 15.2 Å². The van der Waals surface area contributed by atoms with Crippen LogP contribution in [-0.2, 0) is 0 Å². The van der Waals surface area contributed by atoms with Gasteiger partial charge < -0.3 is 9.52 Å². The number of aliphatic hydroxyl groups excluding tert-OH is 1. The number of hydrogen-bond donors (Lipinski definition) is 1. The third kappa shape index (κ3) is 1.90. The number of nitro groups is 1. The molecule has 0 saturated carbocycles. The summed E-state index contributed by atoms with van der Waals surface area (Å²) in [5, 5.41) is 20.7. The monoisotopic (exact) mass is 221 g/mol. The normalized spacial score (nSPS) is 12.9. The fourth-order valence-electron chi connectivity index (χ4n) is 1.62. The first kappa shape index (κ1) is 10.6. The van der Waals surface area contributed by atoms with Crippen molar-refractivity contribution in [2.45, 2.75) is 13.0 Å². The van der Waals surface area contributed by atoms with Crippen molar-refractivity contribution in [3.8, 4) is 0 Å². The van der Waals surface area contributed by atoms with Crippen molar-refractivity contribution in [3.05, 3.63) is 45.7 Å². The van der Waals surface area contributed by atoms with Gasteiger partial charge in [-0.3, -0.25) is 10.1 Å². The molecular formula is C11H11NO4. The number of nitrogens with zero attached hydrogens (tertiary/aromatic N) is 1. The molecule has 1 atom stereocenters. The number of hydrogen-bond acceptors (Lipinski definition) is 4. The van der Waals surface area contributed by atoms with Crippen LogP contribution in [0.1, 0.15) is 17.4 Å². The van der Waals surface area contributed by atoms with E-state index in [2.05, 4.69) is 0 Å². The molecule has 0 aliphatic carbocycles. The summed E-state index contributed by atoms with van der Waals surface area (Å²) < 4.78 is 5.41. The summed E-state index contributed by atoms with van der Waals surface area (Å²) in [7, 11) is 0. The molecule has 2 aromatic rings. The van der Waals surface area contributed by atoms with Gasteiger partial charge in [-0.2, -0.15) is 0 Å². The fraction of sp³-hybridized carbons (Fsp3) is 0.273. The molecule has 0 unspecified atom stereocenters. The maximum Gasteiger partial charge on any atom is 0.236 e. The molecule has 5 heteroatoms. The van der Waals surface area contributed by atoms with Gasteiger partial charge in [0.1, 0.15) is 11.3 Å². The highest BCUT2D eigenvalue weighted by molar-refractivity contribution is 5.80. The van der Waals surface area contributed by atoms with Crippen LogP contribution in [0.4, 0.5) is 0 Å². The quantitative estimate of drug-likeness (QED) is 0.635. The van der Waals surface area contributed by atoms with Crippen LogP contribution in [0.3, 0.4) is 0 Å². The summed E-state index contributed by atoms with van der Waals surface area (Å²) in [6, 6.07) is 7.23. The third-order valence-electron chi connectivity index (χ3n) is 2.41. The van der Waals surface area contributed by atoms with E-state index in [4.69, 9.17) is 4.42 Å². The lowest BCUT2D eigenvalue weighted by Gasteiger charge is -2.00. The van der Waals surface area contributed by atoms with Gasteiger partial charge in [-0.05, 0) is 18.6 Å². The summed E-state index contributed by atoms with van der Waals surface area (Å²) in [5.74, 6) is 0.237. The summed E-state index contributed by atoms with van der Waals surface area (Å²) in [4.78, 5) is 9.70. The Balaban J connectivity index is 2.39. The van der Waals surface area contributed by atoms with Crippen LogP contribution < -0.4 is 0 Å². The predicted molar refractivity (Wildman–Crippen MR) is 57.8 cm³/mol. The second-order valence-corrected chi connectivity index (χ2v) is 3.67. The molecule has 1 heterocycles. The van der Waals surface area contributed by atoms with Crippen molar-refractivity contribution in [2.24, 2.45) is 0 Å². The lowest BCUT2D eigenvalue weighted by Crippen LogP contribution is -2.10. The van der Waals surface area contributed by atoms with Crippen LogP contribution in [0.2, 0.25) is 0 Å². The molecule has 0 radical (unpaired) electrons. The van der Waals surface area contributed by atoms with Gasteiger partial charge in [0.05, 0.1) is 0 Å². The molecule has 0 aliphatic rings. The van der Waals surface area contributed by atoms with E-state index in [0.717, 1.165) is 10.9 Å². The molecule has 2 rings (SSSR count). The molecule has 84 valence electrons. The number of para-hydroxylation sites is 1. The van der Waals surface area contributed by atoms with E-state index >= 15 is 0 Å². The highest BCUT2D eigenvalue weighted by atomic mass is 16.6. The highest BCUT2D eigenvalue weighted by Gasteiger charge is 2.19. The largest absolute Gasteiger partial charge is 0.458 e. The van der Waals surface area contributed by atoms with Crippen LogP contribution in [0.5, 0.6) is 0 Å². The van der Waals surface area contributed by atoms with Crippen molar-refractivity contribution in [2.75, 3.05) is 6.54 Å². The number of furan rings is 1. The number of benzene rings is 1. The SMILES string of the molecule is Cc1cccc2cc([C@@H](O)C[N+](=O)[O-])oc12. The average molecular weight is 221 g/mol. The topological polar surface area (TPSA) is 76.5 Å². The van der Waals surface area contributed by atoms with Crippen molar-refractivity contribution >= 4 is 11.0 Å². The molecule has 0 spiro atoms. The Morgan fingerprint density at radius 1 is 1.56 bits per heavy atom. The predicted octanol–water partition coefficient (Wildman–Crippen LogP) is 2.05. The fourth-order valence-corrected chi connectivity index (χ4v) is 1.62. The Hall–Kier alpha value is -1.88. The van der Waals surface area contributed by atoms with E-state index < -0.39 is 17.6 Å². The number of aliphatic hydroxyl groups is 1. The second kappa shape index (κ2) is 3.94. The highest BCUT2D eigenvalue weighted by Crippen LogP contribution is 2.26. The Kier molecular flexibility index (Phi) is 2.62. The standard InChI is InChI=1S/C11H11NO4/c1-7-3-2-4-8-5-10(16-11(7)8)9(13)6-12(14)15/h2-5,9,13H,6H2,1H3/t9-/m0/s1. The van der Waals surface area contributed by atoms with E-state index in [1.165, 1.54) is 0 Å². The zero-order chi connectivity index (χ0) is 11.7. The Bertz CT molecular complexity index is 532. The number of aryl methyl sites for hydroxylation is 1. The first-order chi connectivity index (χ1) is 7.58. The first-order valence-corrected chi connectivity index (χ1v) is 4.87. The zero-order valence-corrected chi connectivity index (χ0v) is 8.71.